The molecule has 0 N–H and O–H groups in total. The fourth-order valence-corrected chi connectivity index (χ4v) is 3.25. The van der Waals surface area contributed by atoms with Crippen molar-refractivity contribution >= 4 is 23.3 Å². The first-order valence-electron chi connectivity index (χ1n) is 9.69. The lowest BCUT2D eigenvalue weighted by atomic mass is 10.1. The molecule has 2 aromatic carbocycles. The molecule has 0 aliphatic carbocycles. The van der Waals surface area contributed by atoms with E-state index >= 15 is 0 Å². The molecule has 0 spiro atoms. The van der Waals surface area contributed by atoms with E-state index in [9.17, 15) is 9.59 Å². The molecular weight excluding hydrogens is 412 g/mol. The molecule has 0 aliphatic heterocycles. The average Bonchev–Trinajstić information content (AvgIpc) is 2.81. The monoisotopic (exact) mass is 430 g/mol. The van der Waals surface area contributed by atoms with E-state index < -0.39 is 0 Å². The molecule has 0 saturated carbocycles. The third-order valence-corrected chi connectivity index (χ3v) is 4.95. The van der Waals surface area contributed by atoms with Crippen LogP contribution >= 0.6 is 11.6 Å². The fourth-order valence-electron chi connectivity index (χ4n) is 3.13. The van der Waals surface area contributed by atoms with Crippen LogP contribution in [0.4, 0.5) is 5.82 Å². The van der Waals surface area contributed by atoms with Crippen LogP contribution in [0.2, 0.25) is 5.02 Å². The van der Waals surface area contributed by atoms with Gasteiger partial charge in [0.25, 0.3) is 5.56 Å². The summed E-state index contributed by atoms with van der Waals surface area (Å²) in [5.41, 5.74) is 1.98. The molecule has 154 valence electrons. The second-order valence-electron chi connectivity index (χ2n) is 6.87. The highest BCUT2D eigenvalue weighted by Gasteiger charge is 2.19. The SMILES string of the molecule is O=C(Cn1nc(-c2ccc(Cl)cc2)ccc1=O)N(Cc1ccccc1)c1ccccn1. The van der Waals surface area contributed by atoms with Crippen molar-refractivity contribution in [1.29, 1.82) is 0 Å². The zero-order chi connectivity index (χ0) is 21.6. The van der Waals surface area contributed by atoms with E-state index in [4.69, 9.17) is 11.6 Å². The van der Waals surface area contributed by atoms with Gasteiger partial charge in [-0.15, -0.1) is 0 Å². The van der Waals surface area contributed by atoms with Gasteiger partial charge >= 0.3 is 0 Å². The Morgan fingerprint density at radius 2 is 1.65 bits per heavy atom. The molecular formula is C24H19ClN4O2. The first-order valence-corrected chi connectivity index (χ1v) is 10.1. The first-order chi connectivity index (χ1) is 15.1. The molecule has 0 radical (unpaired) electrons. The molecule has 0 bridgehead atoms. The number of benzene rings is 2. The van der Waals surface area contributed by atoms with Gasteiger partial charge in [0.05, 0.1) is 12.2 Å². The van der Waals surface area contributed by atoms with Crippen molar-refractivity contribution in [1.82, 2.24) is 14.8 Å². The first kappa shape index (κ1) is 20.5. The second-order valence-corrected chi connectivity index (χ2v) is 7.31. The number of carbonyl (C=O) groups excluding carboxylic acids is 1. The molecule has 0 fully saturated rings. The van der Waals surface area contributed by atoms with Gasteiger partial charge in [0, 0.05) is 22.8 Å². The predicted octanol–water partition coefficient (Wildman–Crippen LogP) is 4.19. The molecule has 6 nitrogen and oxygen atoms in total. The minimum absolute atomic E-state index is 0.205. The Morgan fingerprint density at radius 3 is 2.35 bits per heavy atom. The molecule has 2 heterocycles. The highest BCUT2D eigenvalue weighted by Crippen LogP contribution is 2.19. The number of hydrogen-bond acceptors (Lipinski definition) is 4. The molecule has 2 aromatic heterocycles. The fraction of sp³-hybridized carbons (Fsp3) is 0.0833. The maximum absolute atomic E-state index is 13.2. The van der Waals surface area contributed by atoms with Crippen molar-refractivity contribution in [2.75, 3.05) is 4.90 Å². The Labute approximate surface area is 184 Å². The number of halogens is 1. The van der Waals surface area contributed by atoms with Gasteiger partial charge in [-0.2, -0.15) is 5.10 Å². The Hall–Kier alpha value is -3.77. The van der Waals surface area contributed by atoms with Crippen LogP contribution in [-0.2, 0) is 17.9 Å². The lowest BCUT2D eigenvalue weighted by Gasteiger charge is -2.22. The molecule has 7 heteroatoms. The van der Waals surface area contributed by atoms with Gasteiger partial charge < -0.3 is 0 Å². The summed E-state index contributed by atoms with van der Waals surface area (Å²) < 4.78 is 1.17. The normalized spacial score (nSPS) is 10.6. The number of aromatic nitrogens is 3. The number of amides is 1. The number of carbonyl (C=O) groups is 1. The van der Waals surface area contributed by atoms with E-state index in [1.807, 2.05) is 48.5 Å². The lowest BCUT2D eigenvalue weighted by molar-refractivity contribution is -0.119. The summed E-state index contributed by atoms with van der Waals surface area (Å²) in [6.45, 7) is 0.131. The highest BCUT2D eigenvalue weighted by atomic mass is 35.5. The van der Waals surface area contributed by atoms with Crippen LogP contribution in [-0.4, -0.2) is 20.7 Å². The maximum atomic E-state index is 13.2. The van der Waals surface area contributed by atoms with Crippen LogP contribution < -0.4 is 10.5 Å². The van der Waals surface area contributed by atoms with E-state index in [1.165, 1.54) is 10.7 Å². The summed E-state index contributed by atoms with van der Waals surface area (Å²) in [6.07, 6.45) is 1.63. The van der Waals surface area contributed by atoms with E-state index in [0.29, 0.717) is 23.1 Å². The standard InChI is InChI=1S/C24H19ClN4O2/c25-20-11-9-19(10-12-20)21-13-14-23(30)29(27-21)17-24(31)28(22-8-4-5-15-26-22)16-18-6-2-1-3-7-18/h1-15H,16-17H2. The molecule has 31 heavy (non-hydrogen) atoms. The third-order valence-electron chi connectivity index (χ3n) is 4.70. The number of pyridine rings is 1. The Morgan fingerprint density at radius 1 is 0.903 bits per heavy atom. The van der Waals surface area contributed by atoms with Crippen molar-refractivity contribution in [2.45, 2.75) is 13.1 Å². The summed E-state index contributed by atoms with van der Waals surface area (Å²) in [6, 6.07) is 25.2. The third kappa shape index (κ3) is 5.05. The Bertz CT molecular complexity index is 1230. The van der Waals surface area contributed by atoms with Gasteiger partial charge in [0.2, 0.25) is 5.91 Å². The molecule has 0 atom stereocenters. The summed E-state index contributed by atoms with van der Waals surface area (Å²) in [5, 5.41) is 5.00. The molecule has 4 aromatic rings. The molecule has 0 saturated heterocycles. The average molecular weight is 431 g/mol. The van der Waals surface area contributed by atoms with Crippen LogP contribution in [0.15, 0.2) is 95.9 Å². The summed E-state index contributed by atoms with van der Waals surface area (Å²) in [7, 11) is 0. The number of anilines is 1. The van der Waals surface area contributed by atoms with Crippen LogP contribution in [0.1, 0.15) is 5.56 Å². The van der Waals surface area contributed by atoms with Gasteiger partial charge in [-0.05, 0) is 35.9 Å². The molecule has 1 amide bonds. The zero-order valence-corrected chi connectivity index (χ0v) is 17.3. The summed E-state index contributed by atoms with van der Waals surface area (Å²) in [4.78, 5) is 31.5. The predicted molar refractivity (Wildman–Crippen MR) is 121 cm³/mol. The van der Waals surface area contributed by atoms with Gasteiger partial charge in [-0.3, -0.25) is 14.5 Å². The molecule has 0 unspecified atom stereocenters. The summed E-state index contributed by atoms with van der Waals surface area (Å²) >= 11 is 5.95. The van der Waals surface area contributed by atoms with E-state index in [2.05, 4.69) is 10.1 Å². The van der Waals surface area contributed by atoms with Crippen LogP contribution in [0.3, 0.4) is 0 Å². The molecule has 4 rings (SSSR count). The van der Waals surface area contributed by atoms with Gasteiger partial charge in [-0.25, -0.2) is 9.67 Å². The lowest BCUT2D eigenvalue weighted by Crippen LogP contribution is -2.37. The van der Waals surface area contributed by atoms with Crippen molar-refractivity contribution in [3.63, 3.8) is 0 Å². The topological polar surface area (TPSA) is 68.1 Å². The van der Waals surface area contributed by atoms with E-state index in [-0.39, 0.29) is 18.0 Å². The van der Waals surface area contributed by atoms with E-state index in [1.54, 1.807) is 41.4 Å². The minimum Gasteiger partial charge on any atom is -0.291 e. The van der Waals surface area contributed by atoms with Crippen molar-refractivity contribution in [2.24, 2.45) is 0 Å². The Kier molecular flexibility index (Phi) is 6.19. The van der Waals surface area contributed by atoms with Crippen molar-refractivity contribution < 1.29 is 4.79 Å². The van der Waals surface area contributed by atoms with Crippen LogP contribution in [0, 0.1) is 0 Å². The van der Waals surface area contributed by atoms with Gasteiger partial charge in [0.1, 0.15) is 12.4 Å². The quantitative estimate of drug-likeness (QED) is 0.460. The minimum atomic E-state index is -0.355. The van der Waals surface area contributed by atoms with Crippen LogP contribution in [0.25, 0.3) is 11.3 Å². The maximum Gasteiger partial charge on any atom is 0.267 e. The van der Waals surface area contributed by atoms with Gasteiger partial charge in [-0.1, -0.05) is 60.1 Å². The second kappa shape index (κ2) is 9.36. The smallest absolute Gasteiger partial charge is 0.267 e. The largest absolute Gasteiger partial charge is 0.291 e. The zero-order valence-electron chi connectivity index (χ0n) is 16.6. The van der Waals surface area contributed by atoms with Gasteiger partial charge in [0.15, 0.2) is 0 Å². The van der Waals surface area contributed by atoms with Crippen LogP contribution in [0.5, 0.6) is 0 Å². The highest BCUT2D eigenvalue weighted by molar-refractivity contribution is 6.30. The van der Waals surface area contributed by atoms with E-state index in [0.717, 1.165) is 11.1 Å². The number of rotatable bonds is 6. The summed E-state index contributed by atoms with van der Waals surface area (Å²) in [5.74, 6) is 0.226. The number of nitrogens with zero attached hydrogens (tertiary/aromatic N) is 4. The Balaban J connectivity index is 1.63. The van der Waals surface area contributed by atoms with Crippen molar-refractivity contribution in [3.05, 3.63) is 112 Å². The molecule has 0 aliphatic rings. The van der Waals surface area contributed by atoms with Crippen molar-refractivity contribution in [3.8, 4) is 11.3 Å². The number of hydrogen-bond donors (Lipinski definition) is 0.